The molecular formula is C31H37Cl2N3O5S. The lowest BCUT2D eigenvalue weighted by Crippen LogP contribution is -2.50. The van der Waals surface area contributed by atoms with Crippen molar-refractivity contribution in [3.8, 4) is 5.75 Å². The average Bonchev–Trinajstić information content (AvgIpc) is 2.95. The fraction of sp³-hybridized carbons (Fsp3) is 0.355. The summed E-state index contributed by atoms with van der Waals surface area (Å²) in [4.78, 5) is 28.7. The van der Waals surface area contributed by atoms with Crippen LogP contribution in [0.3, 0.4) is 0 Å². The molecule has 1 atom stereocenters. The van der Waals surface area contributed by atoms with Crippen molar-refractivity contribution in [2.45, 2.75) is 45.7 Å². The summed E-state index contributed by atoms with van der Waals surface area (Å²) in [5.41, 5.74) is 2.09. The maximum absolute atomic E-state index is 13.8. The molecule has 1 N–H and O–H groups in total. The van der Waals surface area contributed by atoms with Crippen molar-refractivity contribution in [3.05, 3.63) is 94.0 Å². The lowest BCUT2D eigenvalue weighted by molar-refractivity contribution is -0.141. The highest BCUT2D eigenvalue weighted by Gasteiger charge is 2.30. The van der Waals surface area contributed by atoms with Crippen LogP contribution in [0.15, 0.2) is 72.8 Å². The van der Waals surface area contributed by atoms with Gasteiger partial charge in [-0.25, -0.2) is 8.42 Å². The highest BCUT2D eigenvalue weighted by Crippen LogP contribution is 2.26. The highest BCUT2D eigenvalue weighted by atomic mass is 35.5. The Kier molecular flexibility index (Phi) is 12.5. The molecule has 8 nitrogen and oxygen atoms in total. The van der Waals surface area contributed by atoms with Gasteiger partial charge in [0.15, 0.2) is 0 Å². The Labute approximate surface area is 258 Å². The van der Waals surface area contributed by atoms with Gasteiger partial charge in [-0.3, -0.25) is 13.9 Å². The zero-order valence-electron chi connectivity index (χ0n) is 24.1. The highest BCUT2D eigenvalue weighted by molar-refractivity contribution is 7.92. The van der Waals surface area contributed by atoms with Crippen LogP contribution in [0.1, 0.15) is 37.8 Å². The van der Waals surface area contributed by atoms with Crippen molar-refractivity contribution >= 4 is 50.7 Å². The number of carbonyl (C=O) groups excluding carboxylic acids is 2. The second-order valence-corrected chi connectivity index (χ2v) is 12.5. The number of hydrogen-bond donors (Lipinski definition) is 1. The normalized spacial score (nSPS) is 11.9. The summed E-state index contributed by atoms with van der Waals surface area (Å²) >= 11 is 12.4. The predicted octanol–water partition coefficient (Wildman–Crippen LogP) is 5.71. The molecule has 226 valence electrons. The van der Waals surface area contributed by atoms with E-state index < -0.39 is 16.1 Å². The number of rotatable bonds is 15. The molecule has 0 aliphatic heterocycles. The summed E-state index contributed by atoms with van der Waals surface area (Å²) in [5, 5.41) is 3.59. The molecule has 0 bridgehead atoms. The molecule has 0 spiro atoms. The van der Waals surface area contributed by atoms with E-state index in [-0.39, 0.29) is 37.7 Å². The third-order valence-corrected chi connectivity index (χ3v) is 8.48. The molecule has 0 aliphatic carbocycles. The molecule has 42 heavy (non-hydrogen) atoms. The summed E-state index contributed by atoms with van der Waals surface area (Å²) in [6, 6.07) is 20.6. The van der Waals surface area contributed by atoms with Gasteiger partial charge >= 0.3 is 0 Å². The van der Waals surface area contributed by atoms with E-state index in [1.807, 2.05) is 44.2 Å². The van der Waals surface area contributed by atoms with E-state index >= 15 is 0 Å². The minimum absolute atomic E-state index is 0.0229. The average molecular weight is 635 g/mol. The minimum atomic E-state index is -3.62. The number of benzene rings is 3. The largest absolute Gasteiger partial charge is 0.494 e. The molecule has 0 saturated heterocycles. The number of halogens is 2. The molecule has 11 heteroatoms. The van der Waals surface area contributed by atoms with Crippen LogP contribution in [-0.4, -0.2) is 57.1 Å². The van der Waals surface area contributed by atoms with Crippen molar-refractivity contribution in [2.75, 3.05) is 30.3 Å². The van der Waals surface area contributed by atoms with E-state index in [2.05, 4.69) is 5.32 Å². The summed E-state index contributed by atoms with van der Waals surface area (Å²) in [6.07, 6.45) is 1.70. The minimum Gasteiger partial charge on any atom is -0.494 e. The molecule has 0 aliphatic rings. The summed E-state index contributed by atoms with van der Waals surface area (Å²) in [5.74, 6) is 0.0768. The number of amides is 2. The first-order valence-corrected chi connectivity index (χ1v) is 16.4. The summed E-state index contributed by atoms with van der Waals surface area (Å²) < 4.78 is 32.0. The Hall–Kier alpha value is -3.27. The molecule has 0 heterocycles. The fourth-order valence-corrected chi connectivity index (χ4v) is 5.85. The number of nitrogens with one attached hydrogen (secondary N) is 1. The van der Waals surface area contributed by atoms with Crippen LogP contribution < -0.4 is 14.4 Å². The molecule has 0 unspecified atom stereocenters. The molecule has 0 fully saturated rings. The van der Waals surface area contributed by atoms with Crippen LogP contribution in [0.25, 0.3) is 0 Å². The Bertz CT molecular complexity index is 1440. The Morgan fingerprint density at radius 2 is 1.62 bits per heavy atom. The number of sulfonamides is 1. The maximum Gasteiger partial charge on any atom is 0.243 e. The van der Waals surface area contributed by atoms with Gasteiger partial charge in [-0.05, 0) is 67.8 Å². The van der Waals surface area contributed by atoms with Crippen molar-refractivity contribution in [1.82, 2.24) is 10.2 Å². The number of carbonyl (C=O) groups is 2. The third-order valence-electron chi connectivity index (χ3n) is 6.55. The predicted molar refractivity (Wildman–Crippen MR) is 169 cm³/mol. The number of ether oxygens (including phenoxy) is 1. The first kappa shape index (κ1) is 33.2. The maximum atomic E-state index is 13.8. The van der Waals surface area contributed by atoms with E-state index in [1.54, 1.807) is 47.4 Å². The second-order valence-electron chi connectivity index (χ2n) is 9.74. The quantitative estimate of drug-likeness (QED) is 0.231. The van der Waals surface area contributed by atoms with Crippen molar-refractivity contribution < 1.29 is 22.7 Å². The zero-order valence-corrected chi connectivity index (χ0v) is 26.4. The van der Waals surface area contributed by atoms with Gasteiger partial charge in [0, 0.05) is 32.5 Å². The van der Waals surface area contributed by atoms with Crippen molar-refractivity contribution in [1.29, 1.82) is 0 Å². The van der Waals surface area contributed by atoms with Gasteiger partial charge in [0.1, 0.15) is 11.8 Å². The molecule has 0 radical (unpaired) electrons. The second kappa shape index (κ2) is 15.8. The van der Waals surface area contributed by atoms with Gasteiger partial charge in [-0.15, -0.1) is 0 Å². The van der Waals surface area contributed by atoms with E-state index in [4.69, 9.17) is 27.9 Å². The van der Waals surface area contributed by atoms with Gasteiger partial charge in [0.2, 0.25) is 21.8 Å². The molecule has 2 amide bonds. The number of likely N-dealkylation sites (N-methyl/N-ethyl adjacent to an activating group) is 1. The standard InChI is InChI=1S/C31H37Cl2N3O5S/c1-4-34-31(38)29(21-23-10-7-6-8-11-23)35(22-24-13-18-27(32)28(33)20-24)30(37)12-9-19-36(42(3,39)40)25-14-16-26(17-15-25)41-5-2/h6-8,10-11,13-18,20,29H,4-5,9,12,19,21-22H2,1-3H3,(H,34,38)/t29-/m0/s1. The fourth-order valence-electron chi connectivity index (χ4n) is 4.56. The molecular weight excluding hydrogens is 597 g/mol. The van der Waals surface area contributed by atoms with Crippen LogP contribution >= 0.6 is 23.2 Å². The summed E-state index contributed by atoms with van der Waals surface area (Å²) in [6.45, 7) is 4.81. The lowest BCUT2D eigenvalue weighted by atomic mass is 10.0. The summed E-state index contributed by atoms with van der Waals surface area (Å²) in [7, 11) is -3.62. The molecule has 0 saturated carbocycles. The van der Waals surface area contributed by atoms with E-state index in [0.29, 0.717) is 46.6 Å². The number of anilines is 1. The first-order valence-electron chi connectivity index (χ1n) is 13.8. The third kappa shape index (κ3) is 9.64. The molecule has 3 aromatic rings. The van der Waals surface area contributed by atoms with Crippen molar-refractivity contribution in [3.63, 3.8) is 0 Å². The number of nitrogens with zero attached hydrogens (tertiary/aromatic N) is 2. The van der Waals surface area contributed by atoms with E-state index in [9.17, 15) is 18.0 Å². The van der Waals surface area contributed by atoms with Crippen LogP contribution in [0, 0.1) is 0 Å². The van der Waals surface area contributed by atoms with Gasteiger partial charge in [0.05, 0.1) is 28.6 Å². The Morgan fingerprint density at radius 3 is 2.21 bits per heavy atom. The molecule has 3 aromatic carbocycles. The SMILES string of the molecule is CCNC(=O)[C@H](Cc1ccccc1)N(Cc1ccc(Cl)c(Cl)c1)C(=O)CCCN(c1ccc(OCC)cc1)S(C)(=O)=O. The lowest BCUT2D eigenvalue weighted by Gasteiger charge is -2.32. The topological polar surface area (TPSA) is 96.0 Å². The van der Waals surface area contributed by atoms with Crippen LogP contribution in [0.4, 0.5) is 5.69 Å². The monoisotopic (exact) mass is 633 g/mol. The van der Waals surface area contributed by atoms with Gasteiger partial charge < -0.3 is 15.0 Å². The van der Waals surface area contributed by atoms with Crippen LogP contribution in [-0.2, 0) is 32.6 Å². The van der Waals surface area contributed by atoms with Gasteiger partial charge in [-0.2, -0.15) is 0 Å². The van der Waals surface area contributed by atoms with Gasteiger partial charge in [-0.1, -0.05) is 59.6 Å². The van der Waals surface area contributed by atoms with E-state index in [0.717, 1.165) is 11.8 Å². The van der Waals surface area contributed by atoms with E-state index in [1.165, 1.54) is 4.31 Å². The Morgan fingerprint density at radius 1 is 0.929 bits per heavy atom. The van der Waals surface area contributed by atoms with Crippen molar-refractivity contribution in [2.24, 2.45) is 0 Å². The molecule has 0 aromatic heterocycles. The number of hydrogen-bond acceptors (Lipinski definition) is 5. The smallest absolute Gasteiger partial charge is 0.243 e. The Balaban J connectivity index is 1.86. The van der Waals surface area contributed by atoms with Crippen LogP contribution in [0.5, 0.6) is 5.75 Å². The molecule has 3 rings (SSSR count). The van der Waals surface area contributed by atoms with Gasteiger partial charge in [0.25, 0.3) is 0 Å². The van der Waals surface area contributed by atoms with Crippen LogP contribution in [0.2, 0.25) is 10.0 Å². The first-order chi connectivity index (χ1) is 20.0. The zero-order chi connectivity index (χ0) is 30.7.